The van der Waals surface area contributed by atoms with Crippen molar-refractivity contribution in [2.75, 3.05) is 6.54 Å². The minimum atomic E-state index is 0.0538. The summed E-state index contributed by atoms with van der Waals surface area (Å²) in [6.07, 6.45) is 4.48. The van der Waals surface area contributed by atoms with Gasteiger partial charge in [0.25, 0.3) is 0 Å². The number of hydrogen-bond donors (Lipinski definition) is 1. The van der Waals surface area contributed by atoms with Gasteiger partial charge >= 0.3 is 0 Å². The molecule has 1 aliphatic rings. The average Bonchev–Trinajstić information content (AvgIpc) is 2.85. The molecule has 1 aromatic rings. The fourth-order valence-corrected chi connectivity index (χ4v) is 2.40. The summed E-state index contributed by atoms with van der Waals surface area (Å²) in [6.45, 7) is 7.18. The van der Waals surface area contributed by atoms with E-state index in [1.165, 1.54) is 0 Å². The topological polar surface area (TPSA) is 49.0 Å². The van der Waals surface area contributed by atoms with Gasteiger partial charge in [-0.2, -0.15) is 5.10 Å². The Kier molecular flexibility index (Phi) is 3.22. The normalized spacial score (nSPS) is 20.9. The lowest BCUT2D eigenvalue weighted by Crippen LogP contribution is -2.33. The number of rotatable bonds is 2. The Morgan fingerprint density at radius 1 is 1.59 bits per heavy atom. The van der Waals surface area contributed by atoms with Crippen LogP contribution >= 0.6 is 0 Å². The van der Waals surface area contributed by atoms with Crippen LogP contribution in [0.15, 0.2) is 12.3 Å². The summed E-state index contributed by atoms with van der Waals surface area (Å²) < 4.78 is 0. The predicted octanol–water partition coefficient (Wildman–Crippen LogP) is 2.51. The van der Waals surface area contributed by atoms with E-state index in [4.69, 9.17) is 0 Å². The van der Waals surface area contributed by atoms with E-state index in [0.717, 1.165) is 25.1 Å². The van der Waals surface area contributed by atoms with E-state index in [0.29, 0.717) is 6.42 Å². The van der Waals surface area contributed by atoms with E-state index >= 15 is 0 Å². The zero-order valence-corrected chi connectivity index (χ0v) is 10.9. The molecule has 1 saturated heterocycles. The molecule has 2 heterocycles. The Hall–Kier alpha value is -1.32. The smallest absolute Gasteiger partial charge is 0.223 e. The SMILES string of the molecule is CC(C)(C)CC(=O)N1CCC[C@H]1c1ccn[nH]1. The standard InChI is InChI=1S/C13H21N3O/c1-13(2,3)9-12(17)16-8-4-5-11(16)10-6-7-14-15-10/h6-7,11H,4-5,8-9H2,1-3H3,(H,14,15)/t11-/m0/s1. The van der Waals surface area contributed by atoms with E-state index in [9.17, 15) is 4.79 Å². The second kappa shape index (κ2) is 4.51. The van der Waals surface area contributed by atoms with E-state index in [1.54, 1.807) is 6.20 Å². The molecule has 1 atom stereocenters. The highest BCUT2D eigenvalue weighted by molar-refractivity contribution is 5.77. The first kappa shape index (κ1) is 12.1. The first-order chi connectivity index (χ1) is 7.97. The van der Waals surface area contributed by atoms with Gasteiger partial charge in [-0.3, -0.25) is 9.89 Å². The molecule has 1 aliphatic heterocycles. The minimum Gasteiger partial charge on any atom is -0.334 e. The highest BCUT2D eigenvalue weighted by Crippen LogP contribution is 2.32. The molecule has 17 heavy (non-hydrogen) atoms. The molecule has 1 N–H and O–H groups in total. The quantitative estimate of drug-likeness (QED) is 0.856. The Morgan fingerprint density at radius 3 is 2.94 bits per heavy atom. The number of nitrogens with zero attached hydrogens (tertiary/aromatic N) is 2. The summed E-state index contributed by atoms with van der Waals surface area (Å²) in [5.41, 5.74) is 1.11. The van der Waals surface area contributed by atoms with Gasteiger partial charge in [0.05, 0.1) is 11.7 Å². The molecule has 0 radical (unpaired) electrons. The van der Waals surface area contributed by atoms with E-state index < -0.39 is 0 Å². The first-order valence-corrected chi connectivity index (χ1v) is 6.26. The molecule has 1 fully saturated rings. The zero-order valence-electron chi connectivity index (χ0n) is 10.9. The number of likely N-dealkylation sites (tertiary alicyclic amines) is 1. The zero-order chi connectivity index (χ0) is 12.5. The third-order valence-corrected chi connectivity index (χ3v) is 3.14. The van der Waals surface area contributed by atoms with Crippen LogP contribution in [0.1, 0.15) is 51.8 Å². The van der Waals surface area contributed by atoms with Gasteiger partial charge in [-0.05, 0) is 24.3 Å². The lowest BCUT2D eigenvalue weighted by Gasteiger charge is -2.27. The number of aromatic nitrogens is 2. The monoisotopic (exact) mass is 235 g/mol. The van der Waals surface area contributed by atoms with Gasteiger partial charge in [0.2, 0.25) is 5.91 Å². The van der Waals surface area contributed by atoms with Crippen LogP contribution in [0.4, 0.5) is 0 Å². The van der Waals surface area contributed by atoms with Crippen molar-refractivity contribution in [3.05, 3.63) is 18.0 Å². The first-order valence-electron chi connectivity index (χ1n) is 6.26. The number of hydrogen-bond acceptors (Lipinski definition) is 2. The number of carbonyl (C=O) groups excluding carboxylic acids is 1. The van der Waals surface area contributed by atoms with Crippen molar-refractivity contribution in [2.45, 2.75) is 46.1 Å². The molecular weight excluding hydrogens is 214 g/mol. The van der Waals surface area contributed by atoms with Gasteiger partial charge in [0.15, 0.2) is 0 Å². The molecule has 0 spiro atoms. The fourth-order valence-electron chi connectivity index (χ4n) is 2.40. The van der Waals surface area contributed by atoms with Gasteiger partial charge < -0.3 is 4.90 Å². The van der Waals surface area contributed by atoms with Crippen molar-refractivity contribution in [2.24, 2.45) is 5.41 Å². The molecule has 0 unspecified atom stereocenters. The number of carbonyl (C=O) groups is 1. The molecule has 0 bridgehead atoms. The largest absolute Gasteiger partial charge is 0.334 e. The maximum absolute atomic E-state index is 12.3. The Morgan fingerprint density at radius 2 is 2.35 bits per heavy atom. The molecule has 0 saturated carbocycles. The van der Waals surface area contributed by atoms with Crippen molar-refractivity contribution in [1.82, 2.24) is 15.1 Å². The molecule has 1 aromatic heterocycles. The molecule has 4 nitrogen and oxygen atoms in total. The minimum absolute atomic E-state index is 0.0538. The van der Waals surface area contributed by atoms with Crippen LogP contribution < -0.4 is 0 Å². The predicted molar refractivity (Wildman–Crippen MR) is 66.3 cm³/mol. The fraction of sp³-hybridized carbons (Fsp3) is 0.692. The van der Waals surface area contributed by atoms with Crippen molar-refractivity contribution in [1.29, 1.82) is 0 Å². The highest BCUT2D eigenvalue weighted by atomic mass is 16.2. The number of H-pyrrole nitrogens is 1. The van der Waals surface area contributed by atoms with Crippen LogP contribution in [0, 0.1) is 5.41 Å². The van der Waals surface area contributed by atoms with Crippen molar-refractivity contribution in [3.63, 3.8) is 0 Å². The molecular formula is C13H21N3O. The molecule has 94 valence electrons. The molecule has 4 heteroatoms. The van der Waals surface area contributed by atoms with Gasteiger partial charge in [-0.15, -0.1) is 0 Å². The maximum atomic E-state index is 12.3. The molecule has 0 aromatic carbocycles. The van der Waals surface area contributed by atoms with Gasteiger partial charge in [0.1, 0.15) is 0 Å². The summed E-state index contributed by atoms with van der Waals surface area (Å²) in [4.78, 5) is 14.3. The third kappa shape index (κ3) is 2.87. The van der Waals surface area contributed by atoms with Crippen LogP contribution in [-0.4, -0.2) is 27.5 Å². The van der Waals surface area contributed by atoms with Crippen LogP contribution in [0.2, 0.25) is 0 Å². The summed E-state index contributed by atoms with van der Waals surface area (Å²) in [7, 11) is 0. The Balaban J connectivity index is 2.07. The van der Waals surface area contributed by atoms with Crippen LogP contribution in [0.25, 0.3) is 0 Å². The third-order valence-electron chi connectivity index (χ3n) is 3.14. The number of nitrogens with one attached hydrogen (secondary N) is 1. The van der Waals surface area contributed by atoms with Crippen LogP contribution in [0.5, 0.6) is 0 Å². The highest BCUT2D eigenvalue weighted by Gasteiger charge is 2.32. The second-order valence-corrected chi connectivity index (χ2v) is 5.99. The van der Waals surface area contributed by atoms with Gasteiger partial charge in [0, 0.05) is 19.2 Å². The summed E-state index contributed by atoms with van der Waals surface area (Å²) in [5, 5.41) is 6.96. The number of aromatic amines is 1. The lowest BCUT2D eigenvalue weighted by atomic mass is 9.91. The van der Waals surface area contributed by atoms with E-state index in [1.807, 2.05) is 11.0 Å². The Bertz CT molecular complexity index is 378. The number of amides is 1. The van der Waals surface area contributed by atoms with Crippen LogP contribution in [-0.2, 0) is 4.79 Å². The molecule has 0 aliphatic carbocycles. The second-order valence-electron chi connectivity index (χ2n) is 5.99. The van der Waals surface area contributed by atoms with Crippen LogP contribution in [0.3, 0.4) is 0 Å². The summed E-state index contributed by atoms with van der Waals surface area (Å²) in [6, 6.07) is 2.17. The molecule has 2 rings (SSSR count). The molecule has 1 amide bonds. The maximum Gasteiger partial charge on any atom is 0.223 e. The Labute approximate surface area is 102 Å². The van der Waals surface area contributed by atoms with E-state index in [2.05, 4.69) is 31.0 Å². The lowest BCUT2D eigenvalue weighted by molar-refractivity contribution is -0.134. The van der Waals surface area contributed by atoms with Gasteiger partial charge in [-0.25, -0.2) is 0 Å². The van der Waals surface area contributed by atoms with Crippen molar-refractivity contribution in [3.8, 4) is 0 Å². The van der Waals surface area contributed by atoms with Crippen molar-refractivity contribution >= 4 is 5.91 Å². The van der Waals surface area contributed by atoms with E-state index in [-0.39, 0.29) is 17.4 Å². The van der Waals surface area contributed by atoms with Crippen molar-refractivity contribution < 1.29 is 4.79 Å². The summed E-state index contributed by atoms with van der Waals surface area (Å²) in [5.74, 6) is 0.259. The summed E-state index contributed by atoms with van der Waals surface area (Å²) >= 11 is 0. The van der Waals surface area contributed by atoms with Gasteiger partial charge in [-0.1, -0.05) is 20.8 Å². The average molecular weight is 235 g/mol.